The fourth-order valence-corrected chi connectivity index (χ4v) is 2.90. The molecule has 0 spiro atoms. The molecule has 3 N–H and O–H groups in total. The maximum absolute atomic E-state index is 12.1. The third kappa shape index (κ3) is 7.34. The van der Waals surface area contributed by atoms with E-state index in [1.807, 2.05) is 20.8 Å². The summed E-state index contributed by atoms with van der Waals surface area (Å²) < 4.78 is 15.7. The largest absolute Gasteiger partial charge is 0.444 e. The van der Waals surface area contributed by atoms with Crippen LogP contribution in [0.2, 0.25) is 0 Å². The van der Waals surface area contributed by atoms with Crippen molar-refractivity contribution in [2.75, 3.05) is 46.6 Å². The molecular formula is C17H34N2O5. The van der Waals surface area contributed by atoms with Crippen molar-refractivity contribution in [3.05, 3.63) is 0 Å². The van der Waals surface area contributed by atoms with E-state index in [-0.39, 0.29) is 18.1 Å². The average Bonchev–Trinajstić information content (AvgIpc) is 2.50. The number of likely N-dealkylation sites (tertiary alicyclic amines) is 1. The summed E-state index contributed by atoms with van der Waals surface area (Å²) in [6, 6.07) is 0. The Kier molecular flexibility index (Phi) is 8.42. The van der Waals surface area contributed by atoms with Crippen LogP contribution >= 0.6 is 0 Å². The third-order valence-corrected chi connectivity index (χ3v) is 4.32. The number of aliphatic hydroxyl groups excluding tert-OH is 1. The third-order valence-electron chi connectivity index (χ3n) is 4.32. The number of methoxy groups -OCH3 is 1. The van der Waals surface area contributed by atoms with Crippen LogP contribution in [0.5, 0.6) is 0 Å². The van der Waals surface area contributed by atoms with Crippen LogP contribution in [0.15, 0.2) is 0 Å². The van der Waals surface area contributed by atoms with E-state index < -0.39 is 11.7 Å². The van der Waals surface area contributed by atoms with Crippen LogP contribution < -0.4 is 5.73 Å². The molecule has 0 aliphatic carbocycles. The number of carbonyl (C=O) groups is 1. The van der Waals surface area contributed by atoms with E-state index in [9.17, 15) is 9.90 Å². The molecule has 7 nitrogen and oxygen atoms in total. The minimum Gasteiger partial charge on any atom is -0.444 e. The van der Waals surface area contributed by atoms with Gasteiger partial charge < -0.3 is 30.0 Å². The molecule has 0 aromatic rings. The van der Waals surface area contributed by atoms with Crippen LogP contribution in [0.4, 0.5) is 4.79 Å². The lowest BCUT2D eigenvalue weighted by molar-refractivity contribution is -0.0231. The van der Waals surface area contributed by atoms with Gasteiger partial charge in [0.05, 0.1) is 25.9 Å². The van der Waals surface area contributed by atoms with Gasteiger partial charge in [-0.3, -0.25) is 0 Å². The topological polar surface area (TPSA) is 94.2 Å². The summed E-state index contributed by atoms with van der Waals surface area (Å²) in [5, 5.41) is 10.2. The zero-order valence-electron chi connectivity index (χ0n) is 15.5. The predicted octanol–water partition coefficient (Wildman–Crippen LogP) is 1.38. The molecule has 0 saturated carbocycles. The molecule has 1 unspecified atom stereocenters. The van der Waals surface area contributed by atoms with Crippen molar-refractivity contribution in [2.45, 2.75) is 51.7 Å². The van der Waals surface area contributed by atoms with Gasteiger partial charge >= 0.3 is 6.09 Å². The molecule has 0 bridgehead atoms. The van der Waals surface area contributed by atoms with Gasteiger partial charge in [-0.2, -0.15) is 0 Å². The molecule has 0 aromatic heterocycles. The Bertz CT molecular complexity index is 376. The highest BCUT2D eigenvalue weighted by Gasteiger charge is 2.37. The molecule has 0 aromatic carbocycles. The number of amides is 1. The van der Waals surface area contributed by atoms with Crippen LogP contribution in [0, 0.1) is 5.41 Å². The van der Waals surface area contributed by atoms with E-state index in [0.717, 1.165) is 12.8 Å². The molecule has 1 saturated heterocycles. The lowest BCUT2D eigenvalue weighted by atomic mass is 9.74. The first kappa shape index (κ1) is 21.2. The molecule has 1 rings (SSSR count). The van der Waals surface area contributed by atoms with Gasteiger partial charge in [0.1, 0.15) is 5.60 Å². The van der Waals surface area contributed by atoms with Crippen molar-refractivity contribution in [3.8, 4) is 0 Å². The van der Waals surface area contributed by atoms with Gasteiger partial charge in [0.2, 0.25) is 0 Å². The Hall–Kier alpha value is -0.890. The summed E-state index contributed by atoms with van der Waals surface area (Å²) in [6.07, 6.45) is 1.27. The molecule has 1 aliphatic heterocycles. The normalized spacial score (nSPS) is 19.2. The van der Waals surface area contributed by atoms with Crippen molar-refractivity contribution in [2.24, 2.45) is 11.1 Å². The Balaban J connectivity index is 2.44. The Morgan fingerprint density at radius 1 is 1.29 bits per heavy atom. The number of piperidine rings is 1. The van der Waals surface area contributed by atoms with Crippen molar-refractivity contribution in [3.63, 3.8) is 0 Å². The lowest BCUT2D eigenvalue weighted by Gasteiger charge is -2.42. The van der Waals surface area contributed by atoms with Gasteiger partial charge in [-0.05, 0) is 52.0 Å². The molecule has 1 aliphatic rings. The number of nitrogens with zero attached hydrogens (tertiary/aromatic N) is 1. The Morgan fingerprint density at radius 3 is 2.42 bits per heavy atom. The van der Waals surface area contributed by atoms with Gasteiger partial charge in [-0.25, -0.2) is 4.79 Å². The van der Waals surface area contributed by atoms with Crippen molar-refractivity contribution >= 4 is 6.09 Å². The number of nitrogens with two attached hydrogens (primary N) is 1. The molecule has 1 atom stereocenters. The van der Waals surface area contributed by atoms with Crippen molar-refractivity contribution in [1.82, 2.24) is 4.90 Å². The zero-order valence-corrected chi connectivity index (χ0v) is 15.5. The second kappa shape index (κ2) is 9.56. The fraction of sp³-hybridized carbons (Fsp3) is 0.941. The van der Waals surface area contributed by atoms with E-state index in [1.54, 1.807) is 12.0 Å². The fourth-order valence-electron chi connectivity index (χ4n) is 2.90. The maximum Gasteiger partial charge on any atom is 0.410 e. The van der Waals surface area contributed by atoms with Crippen molar-refractivity contribution in [1.29, 1.82) is 0 Å². The second-order valence-electron chi connectivity index (χ2n) is 7.60. The summed E-state index contributed by atoms with van der Waals surface area (Å²) in [6.45, 7) is 8.53. The first-order chi connectivity index (χ1) is 11.2. The summed E-state index contributed by atoms with van der Waals surface area (Å²) >= 11 is 0. The van der Waals surface area contributed by atoms with E-state index in [1.165, 1.54) is 0 Å². The van der Waals surface area contributed by atoms with E-state index in [0.29, 0.717) is 39.3 Å². The van der Waals surface area contributed by atoms with Crippen LogP contribution in [-0.4, -0.2) is 74.4 Å². The summed E-state index contributed by atoms with van der Waals surface area (Å²) in [7, 11) is 1.61. The number of carbonyl (C=O) groups excluding carboxylic acids is 1. The second-order valence-corrected chi connectivity index (χ2v) is 7.60. The molecular weight excluding hydrogens is 312 g/mol. The standard InChI is InChI=1S/C17H34N2O5/c1-16(2,3)24-15(21)19-7-5-17(13-18,6-8-19)11-14(20)12-23-10-9-22-4/h14,20H,5-13,18H2,1-4H3. The lowest BCUT2D eigenvalue weighted by Crippen LogP contribution is -2.48. The summed E-state index contributed by atoms with van der Waals surface area (Å²) in [5.41, 5.74) is 5.34. The number of hydrogen-bond donors (Lipinski definition) is 2. The molecule has 0 radical (unpaired) electrons. The number of ether oxygens (including phenoxy) is 3. The van der Waals surface area contributed by atoms with E-state index >= 15 is 0 Å². The maximum atomic E-state index is 12.1. The van der Waals surface area contributed by atoms with Crippen LogP contribution in [0.3, 0.4) is 0 Å². The number of hydrogen-bond acceptors (Lipinski definition) is 6. The van der Waals surface area contributed by atoms with Crippen LogP contribution in [-0.2, 0) is 14.2 Å². The molecule has 7 heteroatoms. The van der Waals surface area contributed by atoms with E-state index in [4.69, 9.17) is 19.9 Å². The SMILES string of the molecule is COCCOCC(O)CC1(CN)CCN(C(=O)OC(C)(C)C)CC1. The molecule has 1 amide bonds. The monoisotopic (exact) mass is 346 g/mol. The van der Waals surface area contributed by atoms with Gasteiger partial charge in [0, 0.05) is 20.2 Å². The Morgan fingerprint density at radius 2 is 1.92 bits per heavy atom. The minimum atomic E-state index is -0.557. The minimum absolute atomic E-state index is 0.150. The van der Waals surface area contributed by atoms with Crippen LogP contribution in [0.1, 0.15) is 40.0 Å². The first-order valence-electron chi connectivity index (χ1n) is 8.64. The number of aliphatic hydroxyl groups is 1. The quantitative estimate of drug-likeness (QED) is 0.645. The molecule has 1 fully saturated rings. The highest BCUT2D eigenvalue weighted by molar-refractivity contribution is 5.68. The van der Waals surface area contributed by atoms with Crippen LogP contribution in [0.25, 0.3) is 0 Å². The first-order valence-corrected chi connectivity index (χ1v) is 8.64. The number of rotatable bonds is 8. The zero-order chi connectivity index (χ0) is 18.2. The van der Waals surface area contributed by atoms with Gasteiger partial charge in [0.25, 0.3) is 0 Å². The summed E-state index contributed by atoms with van der Waals surface area (Å²) in [5.74, 6) is 0. The van der Waals surface area contributed by atoms with E-state index in [2.05, 4.69) is 0 Å². The highest BCUT2D eigenvalue weighted by atomic mass is 16.6. The molecule has 142 valence electrons. The summed E-state index contributed by atoms with van der Waals surface area (Å²) in [4.78, 5) is 13.9. The molecule has 1 heterocycles. The average molecular weight is 346 g/mol. The molecule has 24 heavy (non-hydrogen) atoms. The highest BCUT2D eigenvalue weighted by Crippen LogP contribution is 2.35. The van der Waals surface area contributed by atoms with Gasteiger partial charge in [-0.15, -0.1) is 0 Å². The Labute approximate surface area is 145 Å². The van der Waals surface area contributed by atoms with Gasteiger partial charge in [0.15, 0.2) is 0 Å². The predicted molar refractivity (Wildman–Crippen MR) is 91.8 cm³/mol. The smallest absolute Gasteiger partial charge is 0.410 e. The van der Waals surface area contributed by atoms with Crippen molar-refractivity contribution < 1.29 is 24.1 Å². The van der Waals surface area contributed by atoms with Gasteiger partial charge in [-0.1, -0.05) is 0 Å².